The van der Waals surface area contributed by atoms with Crippen molar-refractivity contribution in [2.24, 2.45) is 23.7 Å². The Kier molecular flexibility index (Phi) is 13.2. The van der Waals surface area contributed by atoms with Crippen molar-refractivity contribution in [2.75, 3.05) is 6.61 Å². The average molecular weight is 577 g/mol. The van der Waals surface area contributed by atoms with Gasteiger partial charge in [0.25, 0.3) is 0 Å². The van der Waals surface area contributed by atoms with Gasteiger partial charge in [0.2, 0.25) is 0 Å². The Balaban J connectivity index is 0.000000306. The van der Waals surface area contributed by atoms with Crippen molar-refractivity contribution in [3.63, 3.8) is 0 Å². The molecule has 0 aromatic heterocycles. The van der Waals surface area contributed by atoms with E-state index in [4.69, 9.17) is 24.4 Å². The van der Waals surface area contributed by atoms with E-state index in [9.17, 15) is 24.0 Å². The van der Waals surface area contributed by atoms with E-state index in [1.807, 2.05) is 0 Å². The van der Waals surface area contributed by atoms with Gasteiger partial charge in [0.05, 0.1) is 13.0 Å². The molecule has 1 atom stereocenters. The molecule has 228 valence electrons. The van der Waals surface area contributed by atoms with Crippen LogP contribution in [0.4, 0.5) is 0 Å². The Bertz CT molecular complexity index is 1020. The first-order valence-corrected chi connectivity index (χ1v) is 13.6. The lowest BCUT2D eigenvalue weighted by molar-refractivity contribution is -0.198. The predicted molar refractivity (Wildman–Crippen MR) is 152 cm³/mol. The second-order valence-corrected chi connectivity index (χ2v) is 11.5. The predicted octanol–water partition coefficient (Wildman–Crippen LogP) is 5.04. The van der Waals surface area contributed by atoms with E-state index >= 15 is 0 Å². The van der Waals surface area contributed by atoms with Gasteiger partial charge in [-0.05, 0) is 83.5 Å². The van der Waals surface area contributed by atoms with E-state index in [1.165, 1.54) is 45.1 Å². The summed E-state index contributed by atoms with van der Waals surface area (Å²) in [4.78, 5) is 52.6. The van der Waals surface area contributed by atoms with Crippen molar-refractivity contribution < 1.29 is 48.4 Å². The minimum absolute atomic E-state index is 0.117. The zero-order valence-corrected chi connectivity index (χ0v) is 24.6. The summed E-state index contributed by atoms with van der Waals surface area (Å²) < 4.78 is 15.6. The number of carbonyl (C=O) groups excluding carboxylic acids is 3. The summed E-state index contributed by atoms with van der Waals surface area (Å²) in [6.45, 7) is 20.3. The van der Waals surface area contributed by atoms with E-state index in [1.54, 1.807) is 13.8 Å². The van der Waals surface area contributed by atoms with E-state index in [0.29, 0.717) is 30.4 Å². The third-order valence-electron chi connectivity index (χ3n) is 7.89. The molecule has 0 aromatic carbocycles. The molecule has 2 N–H and O–H groups in total. The highest BCUT2D eigenvalue weighted by Crippen LogP contribution is 2.59. The summed E-state index contributed by atoms with van der Waals surface area (Å²) in [5.74, 6) is 0.0988. The maximum atomic E-state index is 11.5. The van der Waals surface area contributed by atoms with Crippen LogP contribution in [0.5, 0.6) is 0 Å². The van der Waals surface area contributed by atoms with Gasteiger partial charge in [-0.1, -0.05) is 26.3 Å². The first kappa shape index (κ1) is 35.3. The lowest BCUT2D eigenvalue weighted by atomic mass is 9.50. The number of ether oxygens (including phenoxy) is 3. The molecule has 1 heterocycles. The number of hydrogen-bond donors (Lipinski definition) is 2. The molecule has 41 heavy (non-hydrogen) atoms. The van der Waals surface area contributed by atoms with Crippen molar-refractivity contribution >= 4 is 29.8 Å². The Morgan fingerprint density at radius 1 is 0.878 bits per heavy atom. The molecule has 0 spiro atoms. The lowest BCUT2D eigenvalue weighted by Crippen LogP contribution is -2.57. The highest BCUT2D eigenvalue weighted by molar-refractivity contribution is 5.87. The number of rotatable bonds is 6. The number of aliphatic carboxylic acids is 2. The highest BCUT2D eigenvalue weighted by atomic mass is 16.6. The van der Waals surface area contributed by atoms with Gasteiger partial charge in [-0.25, -0.2) is 19.2 Å². The SMILES string of the molecule is C=C(C)C(=O)O.C=C(C)C(=O)OC1(C)CCOC(=O)C1.C=CC(=O)O.C=CC(=O)OC1(C)C2CC3CC(C2)CC1C3. The minimum Gasteiger partial charge on any atom is -0.478 e. The third kappa shape index (κ3) is 11.0. The van der Waals surface area contributed by atoms with Crippen molar-refractivity contribution in [1.82, 2.24) is 0 Å². The summed E-state index contributed by atoms with van der Waals surface area (Å²) >= 11 is 0. The molecule has 10 heteroatoms. The summed E-state index contributed by atoms with van der Waals surface area (Å²) in [5.41, 5.74) is -0.412. The molecular weight excluding hydrogens is 532 g/mol. The Morgan fingerprint density at radius 3 is 1.68 bits per heavy atom. The topological polar surface area (TPSA) is 154 Å². The molecule has 0 aromatic rings. The quantitative estimate of drug-likeness (QED) is 0.250. The number of hydrogen-bond acceptors (Lipinski definition) is 8. The van der Waals surface area contributed by atoms with E-state index in [0.717, 1.165) is 17.9 Å². The van der Waals surface area contributed by atoms with Crippen LogP contribution in [-0.4, -0.2) is 57.9 Å². The van der Waals surface area contributed by atoms with Crippen LogP contribution < -0.4 is 0 Å². The smallest absolute Gasteiger partial charge is 0.333 e. The number of carboxylic acid groups (broad SMARTS) is 2. The van der Waals surface area contributed by atoms with Crippen molar-refractivity contribution in [2.45, 2.75) is 83.8 Å². The first-order chi connectivity index (χ1) is 19.0. The molecule has 1 aliphatic heterocycles. The van der Waals surface area contributed by atoms with Gasteiger partial charge in [-0.2, -0.15) is 0 Å². The molecule has 1 unspecified atom stereocenters. The van der Waals surface area contributed by atoms with Crippen LogP contribution in [0.15, 0.2) is 49.6 Å². The van der Waals surface area contributed by atoms with Crippen molar-refractivity contribution in [3.8, 4) is 0 Å². The molecule has 0 radical (unpaired) electrons. The summed E-state index contributed by atoms with van der Waals surface area (Å²) in [6.07, 6.45) is 9.31. The maximum absolute atomic E-state index is 11.5. The first-order valence-electron chi connectivity index (χ1n) is 13.6. The van der Waals surface area contributed by atoms with Gasteiger partial charge < -0.3 is 24.4 Å². The van der Waals surface area contributed by atoms with Crippen molar-refractivity contribution in [1.29, 1.82) is 0 Å². The third-order valence-corrected chi connectivity index (χ3v) is 7.89. The monoisotopic (exact) mass is 576 g/mol. The molecule has 10 nitrogen and oxygen atoms in total. The molecule has 5 aliphatic rings. The zero-order chi connectivity index (χ0) is 31.5. The Labute approximate surface area is 242 Å². The number of carbonyl (C=O) groups is 5. The average Bonchev–Trinajstić information content (AvgIpc) is 2.87. The van der Waals surface area contributed by atoms with Gasteiger partial charge >= 0.3 is 29.8 Å². The van der Waals surface area contributed by atoms with Crippen LogP contribution in [-0.2, 0) is 38.2 Å². The second-order valence-electron chi connectivity index (χ2n) is 11.5. The van der Waals surface area contributed by atoms with Gasteiger partial charge in [-0.15, -0.1) is 0 Å². The number of esters is 3. The summed E-state index contributed by atoms with van der Waals surface area (Å²) in [7, 11) is 0. The van der Waals surface area contributed by atoms with E-state index in [2.05, 4.69) is 33.2 Å². The van der Waals surface area contributed by atoms with Crippen LogP contribution >= 0.6 is 0 Å². The molecule has 4 bridgehead atoms. The van der Waals surface area contributed by atoms with E-state index < -0.39 is 23.5 Å². The van der Waals surface area contributed by atoms with Crippen LogP contribution in [0.25, 0.3) is 0 Å². The maximum Gasteiger partial charge on any atom is 0.333 e. The van der Waals surface area contributed by atoms with Crippen LogP contribution in [0.2, 0.25) is 0 Å². The molecule has 4 saturated carbocycles. The Morgan fingerprint density at radius 2 is 1.34 bits per heavy atom. The number of carboxylic acids is 2. The molecule has 5 fully saturated rings. The van der Waals surface area contributed by atoms with Crippen LogP contribution in [0.1, 0.15) is 72.6 Å². The van der Waals surface area contributed by atoms with E-state index in [-0.39, 0.29) is 29.5 Å². The lowest BCUT2D eigenvalue weighted by Gasteiger charge is -2.58. The Hall–Kier alpha value is -3.69. The fraction of sp³-hybridized carbons (Fsp3) is 0.581. The van der Waals surface area contributed by atoms with Gasteiger partial charge in [0.15, 0.2) is 0 Å². The van der Waals surface area contributed by atoms with Crippen LogP contribution in [0, 0.1) is 23.7 Å². The molecular formula is C31H44O10. The normalized spacial score (nSPS) is 30.1. The molecule has 0 amide bonds. The molecule has 5 rings (SSSR count). The molecule has 1 saturated heterocycles. The highest BCUT2D eigenvalue weighted by Gasteiger charge is 2.56. The van der Waals surface area contributed by atoms with Gasteiger partial charge in [0, 0.05) is 29.7 Å². The fourth-order valence-corrected chi connectivity index (χ4v) is 5.77. The molecule has 4 aliphatic carbocycles. The summed E-state index contributed by atoms with van der Waals surface area (Å²) in [5, 5.41) is 15.5. The largest absolute Gasteiger partial charge is 0.478 e. The van der Waals surface area contributed by atoms with Gasteiger partial charge in [-0.3, -0.25) is 4.79 Å². The van der Waals surface area contributed by atoms with Crippen molar-refractivity contribution in [3.05, 3.63) is 49.6 Å². The fourth-order valence-electron chi connectivity index (χ4n) is 5.77. The number of cyclic esters (lactones) is 1. The van der Waals surface area contributed by atoms with Crippen LogP contribution in [0.3, 0.4) is 0 Å². The van der Waals surface area contributed by atoms with Gasteiger partial charge in [0.1, 0.15) is 11.2 Å². The minimum atomic E-state index is -0.981. The standard InChI is InChI=1S/C14H20O2.C10H14O4.C4H6O2.C3H4O2/c1-3-13(15)16-14(2)11-5-9-4-10(7-11)8-12(14)6-9;1-7(2)9(12)14-10(3)4-5-13-8(11)6-10;1-3(2)4(5)6;1-2-3(4)5/h3,9-12H,1,4-8H2,2H3;1,4-6H2,2-3H3;1H2,2H3,(H,5,6);2H,1H2,(H,4,5). The zero-order valence-electron chi connectivity index (χ0n) is 24.6. The summed E-state index contributed by atoms with van der Waals surface area (Å²) in [6, 6.07) is 0. The second kappa shape index (κ2) is 15.3.